The molecule has 1 aromatic heterocycles. The minimum atomic E-state index is -0.391. The number of benzene rings is 3. The summed E-state index contributed by atoms with van der Waals surface area (Å²) in [4.78, 5) is 25.7. The molecule has 0 bridgehead atoms. The van der Waals surface area contributed by atoms with Crippen LogP contribution < -0.4 is 20.8 Å². The van der Waals surface area contributed by atoms with Gasteiger partial charge in [0.25, 0.3) is 0 Å². The van der Waals surface area contributed by atoms with E-state index < -0.39 is 5.92 Å². The maximum Gasteiger partial charge on any atom is 0.329 e. The third-order valence-electron chi connectivity index (χ3n) is 6.71. The van der Waals surface area contributed by atoms with Crippen LogP contribution in [0.1, 0.15) is 35.2 Å². The summed E-state index contributed by atoms with van der Waals surface area (Å²) in [5, 5.41) is 17.1. The van der Waals surface area contributed by atoms with Crippen molar-refractivity contribution in [2.45, 2.75) is 32.4 Å². The minimum absolute atomic E-state index is 0.138. The number of aromatic amines is 1. The van der Waals surface area contributed by atoms with Gasteiger partial charge in [-0.2, -0.15) is 5.10 Å². The number of hydrogen-bond acceptors (Lipinski definition) is 5. The van der Waals surface area contributed by atoms with Crippen LogP contribution in [0.15, 0.2) is 66.7 Å². The number of carbonyl (C=O) groups is 2. The fraction of sp³-hybridized carbons (Fsp3) is 0.250. The molecule has 4 N–H and O–H groups in total. The van der Waals surface area contributed by atoms with Crippen LogP contribution >= 0.6 is 0 Å². The zero-order valence-corrected chi connectivity index (χ0v) is 20.9. The molecule has 1 aliphatic rings. The van der Waals surface area contributed by atoms with Crippen LogP contribution in [-0.2, 0) is 24.3 Å². The van der Waals surface area contributed by atoms with Gasteiger partial charge in [0.15, 0.2) is 0 Å². The summed E-state index contributed by atoms with van der Waals surface area (Å²) in [5.41, 5.74) is 6.62. The largest absolute Gasteiger partial charge is 0.497 e. The summed E-state index contributed by atoms with van der Waals surface area (Å²) in [6, 6.07) is 21.2. The zero-order chi connectivity index (χ0) is 25.8. The lowest BCUT2D eigenvalue weighted by atomic mass is 9.94. The topological polar surface area (TPSA) is 111 Å². The molecule has 190 valence electrons. The van der Waals surface area contributed by atoms with Crippen LogP contribution in [0, 0.1) is 0 Å². The van der Waals surface area contributed by atoms with E-state index in [0.717, 1.165) is 38.9 Å². The predicted octanol–water partition coefficient (Wildman–Crippen LogP) is 4.09. The standard InChI is InChI=1S/C28H30N6O3/c1-18(22-10-6-9-20-15-21(37-2)11-12-23(20)22)27(35)30-26-24-17-34(14-13-25(24)31-32-26)33-28(36)29-16-19-7-4-3-5-8-19/h3-12,15,18H,13-14,16-17H2,1-2H3,(H2,29,33,36)(H2,30,31,32,35). The van der Waals surface area contributed by atoms with Crippen LogP contribution in [0.4, 0.5) is 10.6 Å². The molecule has 3 amide bonds. The smallest absolute Gasteiger partial charge is 0.329 e. The van der Waals surface area contributed by atoms with Crippen LogP contribution in [0.3, 0.4) is 0 Å². The van der Waals surface area contributed by atoms with E-state index in [1.807, 2.05) is 78.7 Å². The summed E-state index contributed by atoms with van der Waals surface area (Å²) in [6.45, 7) is 3.39. The lowest BCUT2D eigenvalue weighted by Gasteiger charge is -2.27. The van der Waals surface area contributed by atoms with E-state index in [-0.39, 0.29) is 11.9 Å². The first-order valence-electron chi connectivity index (χ1n) is 12.3. The Kier molecular flexibility index (Phi) is 7.04. The van der Waals surface area contributed by atoms with Crippen molar-refractivity contribution in [1.29, 1.82) is 0 Å². The second kappa shape index (κ2) is 10.7. The Morgan fingerprint density at radius 1 is 1.11 bits per heavy atom. The monoisotopic (exact) mass is 498 g/mol. The second-order valence-electron chi connectivity index (χ2n) is 9.12. The molecule has 4 aromatic rings. The van der Waals surface area contributed by atoms with Gasteiger partial charge < -0.3 is 15.4 Å². The normalized spacial score (nSPS) is 14.0. The van der Waals surface area contributed by atoms with Crippen LogP contribution in [0.25, 0.3) is 10.8 Å². The molecule has 9 heteroatoms. The number of fused-ring (bicyclic) bond motifs is 2. The molecule has 37 heavy (non-hydrogen) atoms. The van der Waals surface area contributed by atoms with Crippen molar-refractivity contribution in [3.05, 3.63) is 89.1 Å². The lowest BCUT2D eigenvalue weighted by molar-refractivity contribution is -0.117. The average Bonchev–Trinajstić information content (AvgIpc) is 3.33. The second-order valence-corrected chi connectivity index (χ2v) is 9.12. The highest BCUT2D eigenvalue weighted by Crippen LogP contribution is 2.30. The summed E-state index contributed by atoms with van der Waals surface area (Å²) < 4.78 is 5.34. The molecule has 0 saturated heterocycles. The number of rotatable bonds is 7. The van der Waals surface area contributed by atoms with Gasteiger partial charge in [0.2, 0.25) is 5.91 Å². The number of methoxy groups -OCH3 is 1. The van der Waals surface area contributed by atoms with Crippen LogP contribution in [-0.4, -0.2) is 40.8 Å². The van der Waals surface area contributed by atoms with E-state index in [1.54, 1.807) is 7.11 Å². The number of aromatic nitrogens is 2. The number of hydrazine groups is 1. The molecule has 0 fully saturated rings. The molecule has 1 unspecified atom stereocenters. The van der Waals surface area contributed by atoms with Gasteiger partial charge in [0.05, 0.1) is 18.7 Å². The van der Waals surface area contributed by atoms with Gasteiger partial charge in [-0.05, 0) is 41.0 Å². The fourth-order valence-corrected chi connectivity index (χ4v) is 4.61. The third-order valence-corrected chi connectivity index (χ3v) is 6.71. The predicted molar refractivity (Wildman–Crippen MR) is 142 cm³/mol. The lowest BCUT2D eigenvalue weighted by Crippen LogP contribution is -2.48. The summed E-state index contributed by atoms with van der Waals surface area (Å²) in [7, 11) is 1.64. The van der Waals surface area contributed by atoms with Gasteiger partial charge in [0, 0.05) is 31.6 Å². The quantitative estimate of drug-likeness (QED) is 0.307. The molecule has 3 aromatic carbocycles. The number of urea groups is 1. The SMILES string of the molecule is COc1ccc2c(C(C)C(=O)Nc3[nH]nc4c3CN(NC(=O)NCc3ccccc3)CC4)cccc2c1. The Balaban J connectivity index is 1.23. The van der Waals surface area contributed by atoms with Gasteiger partial charge in [-0.25, -0.2) is 9.80 Å². The third kappa shape index (κ3) is 5.41. The summed E-state index contributed by atoms with van der Waals surface area (Å²) in [5.74, 6) is 0.806. The van der Waals surface area contributed by atoms with Gasteiger partial charge in [0.1, 0.15) is 11.6 Å². The van der Waals surface area contributed by atoms with E-state index in [4.69, 9.17) is 4.74 Å². The minimum Gasteiger partial charge on any atom is -0.497 e. The highest BCUT2D eigenvalue weighted by molar-refractivity contribution is 5.99. The highest BCUT2D eigenvalue weighted by atomic mass is 16.5. The van der Waals surface area contributed by atoms with Crippen molar-refractivity contribution >= 4 is 28.5 Å². The Morgan fingerprint density at radius 2 is 1.95 bits per heavy atom. The Hall–Kier alpha value is -4.37. The first kappa shape index (κ1) is 24.3. The highest BCUT2D eigenvalue weighted by Gasteiger charge is 2.26. The summed E-state index contributed by atoms with van der Waals surface area (Å²) >= 11 is 0. The Bertz CT molecular complexity index is 1420. The average molecular weight is 499 g/mol. The Morgan fingerprint density at radius 3 is 2.76 bits per heavy atom. The van der Waals surface area contributed by atoms with Gasteiger partial charge in [-0.3, -0.25) is 15.3 Å². The maximum atomic E-state index is 13.3. The van der Waals surface area contributed by atoms with Crippen molar-refractivity contribution in [1.82, 2.24) is 25.9 Å². The molecule has 0 spiro atoms. The number of anilines is 1. The molecule has 1 atom stereocenters. The number of carbonyl (C=O) groups excluding carboxylic acids is 2. The van der Waals surface area contributed by atoms with E-state index in [9.17, 15) is 9.59 Å². The van der Waals surface area contributed by atoms with Crippen LogP contribution in [0.2, 0.25) is 0 Å². The molecule has 9 nitrogen and oxygen atoms in total. The molecule has 1 aliphatic heterocycles. The molecule has 0 radical (unpaired) electrons. The maximum absolute atomic E-state index is 13.3. The first-order valence-corrected chi connectivity index (χ1v) is 12.3. The number of nitrogens with one attached hydrogen (secondary N) is 4. The molecular weight excluding hydrogens is 468 g/mol. The van der Waals surface area contributed by atoms with E-state index in [0.29, 0.717) is 31.9 Å². The van der Waals surface area contributed by atoms with Crippen molar-refractivity contribution in [3.8, 4) is 5.75 Å². The van der Waals surface area contributed by atoms with Gasteiger partial charge >= 0.3 is 6.03 Å². The van der Waals surface area contributed by atoms with Crippen molar-refractivity contribution in [3.63, 3.8) is 0 Å². The van der Waals surface area contributed by atoms with Gasteiger partial charge in [-0.1, -0.05) is 54.6 Å². The van der Waals surface area contributed by atoms with Gasteiger partial charge in [-0.15, -0.1) is 0 Å². The number of hydrogen-bond donors (Lipinski definition) is 4. The number of H-pyrrole nitrogens is 1. The molecule has 0 aliphatic carbocycles. The Labute approximate surface area is 215 Å². The van der Waals surface area contributed by atoms with Crippen LogP contribution in [0.5, 0.6) is 5.75 Å². The molecule has 2 heterocycles. The molecular formula is C28H30N6O3. The van der Waals surface area contributed by atoms with Crippen molar-refractivity contribution in [2.24, 2.45) is 0 Å². The number of ether oxygens (including phenoxy) is 1. The van der Waals surface area contributed by atoms with E-state index >= 15 is 0 Å². The first-order chi connectivity index (χ1) is 18.0. The van der Waals surface area contributed by atoms with Crippen molar-refractivity contribution in [2.75, 3.05) is 19.0 Å². The van der Waals surface area contributed by atoms with E-state index in [1.165, 1.54) is 0 Å². The number of amides is 3. The summed E-state index contributed by atoms with van der Waals surface area (Å²) in [6.07, 6.45) is 0.654. The van der Waals surface area contributed by atoms with Crippen molar-refractivity contribution < 1.29 is 14.3 Å². The van der Waals surface area contributed by atoms with E-state index in [2.05, 4.69) is 26.3 Å². The zero-order valence-electron chi connectivity index (χ0n) is 20.9. The molecule has 0 saturated carbocycles. The fourth-order valence-electron chi connectivity index (χ4n) is 4.61. The number of nitrogens with zero attached hydrogens (tertiary/aromatic N) is 2. The molecule has 5 rings (SSSR count).